The highest BCUT2D eigenvalue weighted by Gasteiger charge is 2.72. The molecule has 25 heavy (non-hydrogen) atoms. The van der Waals surface area contributed by atoms with Gasteiger partial charge in [0.1, 0.15) is 5.75 Å². The average molecular weight is 338 g/mol. The molecule has 0 bridgehead atoms. The van der Waals surface area contributed by atoms with E-state index < -0.39 is 23.0 Å². The van der Waals surface area contributed by atoms with Gasteiger partial charge in [0, 0.05) is 23.7 Å². The Kier molecular flexibility index (Phi) is 2.89. The highest BCUT2D eigenvalue weighted by atomic mass is 16.6. The molecular formula is C19H18N2O4. The van der Waals surface area contributed by atoms with E-state index in [4.69, 9.17) is 10.5 Å². The lowest BCUT2D eigenvalue weighted by molar-refractivity contribution is -0.175. The van der Waals surface area contributed by atoms with Crippen molar-refractivity contribution in [3.8, 4) is 5.75 Å². The molecule has 0 saturated carbocycles. The SMILES string of the molecule is CC(=O)N[C@@]12C(=O)c3c(N)cccc3[C@]1(O)Oc1cc(C)c(C)cc12. The summed E-state index contributed by atoms with van der Waals surface area (Å²) in [4.78, 5) is 25.3. The van der Waals surface area contributed by atoms with Crippen molar-refractivity contribution in [2.24, 2.45) is 0 Å². The summed E-state index contributed by atoms with van der Waals surface area (Å²) in [6.07, 6.45) is 0. The summed E-state index contributed by atoms with van der Waals surface area (Å²) in [5, 5.41) is 14.1. The molecule has 2 aromatic rings. The van der Waals surface area contributed by atoms with Crippen molar-refractivity contribution in [2.45, 2.75) is 32.1 Å². The Morgan fingerprint density at radius 2 is 1.88 bits per heavy atom. The van der Waals surface area contributed by atoms with E-state index in [-0.39, 0.29) is 16.8 Å². The van der Waals surface area contributed by atoms with E-state index in [1.54, 1.807) is 30.3 Å². The fourth-order valence-corrected chi connectivity index (χ4v) is 3.88. The molecule has 0 unspecified atom stereocenters. The van der Waals surface area contributed by atoms with Crippen LogP contribution in [0.15, 0.2) is 30.3 Å². The van der Waals surface area contributed by atoms with Gasteiger partial charge in [-0.25, -0.2) is 0 Å². The van der Waals surface area contributed by atoms with E-state index in [2.05, 4.69) is 5.32 Å². The zero-order chi connectivity index (χ0) is 18.1. The number of Topliss-reactive ketones (excluding diaryl/α,β-unsaturated/α-hetero) is 1. The van der Waals surface area contributed by atoms with Crippen molar-refractivity contribution in [3.63, 3.8) is 0 Å². The first-order chi connectivity index (χ1) is 11.7. The topological polar surface area (TPSA) is 102 Å². The first kappa shape index (κ1) is 15.7. The van der Waals surface area contributed by atoms with Crippen molar-refractivity contribution < 1.29 is 19.4 Å². The van der Waals surface area contributed by atoms with Gasteiger partial charge in [-0.1, -0.05) is 12.1 Å². The molecule has 1 aliphatic heterocycles. The van der Waals surface area contributed by atoms with Gasteiger partial charge in [0.15, 0.2) is 0 Å². The fourth-order valence-electron chi connectivity index (χ4n) is 3.88. The summed E-state index contributed by atoms with van der Waals surface area (Å²) in [5.41, 5.74) is 7.25. The zero-order valence-corrected chi connectivity index (χ0v) is 14.1. The summed E-state index contributed by atoms with van der Waals surface area (Å²) in [6.45, 7) is 5.11. The van der Waals surface area contributed by atoms with E-state index in [1.807, 2.05) is 13.8 Å². The molecule has 1 heterocycles. The number of rotatable bonds is 1. The molecule has 6 heteroatoms. The van der Waals surface area contributed by atoms with Gasteiger partial charge in [-0.3, -0.25) is 9.59 Å². The molecule has 0 spiro atoms. The third kappa shape index (κ3) is 1.67. The van der Waals surface area contributed by atoms with Crippen LogP contribution in [0.2, 0.25) is 0 Å². The van der Waals surface area contributed by atoms with E-state index in [9.17, 15) is 14.7 Å². The zero-order valence-electron chi connectivity index (χ0n) is 14.1. The second-order valence-electron chi connectivity index (χ2n) is 6.71. The second-order valence-corrected chi connectivity index (χ2v) is 6.71. The van der Waals surface area contributed by atoms with Crippen molar-refractivity contribution in [3.05, 3.63) is 58.1 Å². The maximum atomic E-state index is 13.4. The standard InChI is InChI=1S/C19H18N2O4/c1-9-7-13-15(8-10(9)2)25-19(24)12-5-4-6-14(20)16(12)17(23)18(13,19)21-11(3)22/h4-8,24H,20H2,1-3H3,(H,21,22)/t18-,19-/m0/s1. The van der Waals surface area contributed by atoms with Gasteiger partial charge in [0.05, 0.1) is 5.56 Å². The van der Waals surface area contributed by atoms with Crippen LogP contribution in [0, 0.1) is 13.8 Å². The Morgan fingerprint density at radius 3 is 2.56 bits per heavy atom. The third-order valence-corrected chi connectivity index (χ3v) is 5.16. The predicted octanol–water partition coefficient (Wildman–Crippen LogP) is 1.65. The van der Waals surface area contributed by atoms with Gasteiger partial charge in [-0.15, -0.1) is 0 Å². The number of nitrogen functional groups attached to an aromatic ring is 1. The molecule has 4 rings (SSSR count). The van der Waals surface area contributed by atoms with Crippen LogP contribution in [-0.2, 0) is 16.1 Å². The molecule has 4 N–H and O–H groups in total. The van der Waals surface area contributed by atoms with Crippen LogP contribution in [0.3, 0.4) is 0 Å². The van der Waals surface area contributed by atoms with Crippen LogP contribution in [0.4, 0.5) is 5.69 Å². The maximum absolute atomic E-state index is 13.4. The number of nitrogens with two attached hydrogens (primary N) is 1. The lowest BCUT2D eigenvalue weighted by atomic mass is 9.82. The normalized spacial score (nSPS) is 25.8. The van der Waals surface area contributed by atoms with Gasteiger partial charge in [-0.05, 0) is 43.2 Å². The molecule has 2 atom stereocenters. The van der Waals surface area contributed by atoms with E-state index in [1.165, 1.54) is 6.92 Å². The van der Waals surface area contributed by atoms with Crippen LogP contribution >= 0.6 is 0 Å². The van der Waals surface area contributed by atoms with Gasteiger partial charge in [0.25, 0.3) is 5.79 Å². The second kappa shape index (κ2) is 4.61. The summed E-state index contributed by atoms with van der Waals surface area (Å²) < 4.78 is 5.87. The number of fused-ring (bicyclic) bond motifs is 5. The Balaban J connectivity index is 2.10. The lowest BCUT2D eigenvalue weighted by Gasteiger charge is -2.34. The monoisotopic (exact) mass is 338 g/mol. The number of aryl methyl sites for hydroxylation is 2. The largest absolute Gasteiger partial charge is 0.454 e. The summed E-state index contributed by atoms with van der Waals surface area (Å²) in [6, 6.07) is 8.37. The van der Waals surface area contributed by atoms with E-state index >= 15 is 0 Å². The van der Waals surface area contributed by atoms with E-state index in [0.717, 1.165) is 11.1 Å². The molecule has 2 aromatic carbocycles. The molecule has 6 nitrogen and oxygen atoms in total. The van der Waals surface area contributed by atoms with Crippen LogP contribution in [-0.4, -0.2) is 16.8 Å². The van der Waals surface area contributed by atoms with Crippen LogP contribution in [0.1, 0.15) is 39.5 Å². The van der Waals surface area contributed by atoms with Crippen LogP contribution in [0.5, 0.6) is 5.75 Å². The van der Waals surface area contributed by atoms with Crippen LogP contribution in [0.25, 0.3) is 0 Å². The summed E-state index contributed by atoms with van der Waals surface area (Å²) in [5.74, 6) is -2.59. The van der Waals surface area contributed by atoms with Crippen LogP contribution < -0.4 is 15.8 Å². The Hall–Kier alpha value is -2.86. The number of amides is 1. The van der Waals surface area contributed by atoms with Gasteiger partial charge < -0.3 is 20.9 Å². The van der Waals surface area contributed by atoms with Crippen molar-refractivity contribution >= 4 is 17.4 Å². The highest BCUT2D eigenvalue weighted by molar-refractivity contribution is 6.15. The predicted molar refractivity (Wildman–Crippen MR) is 91.1 cm³/mol. The number of hydrogen-bond acceptors (Lipinski definition) is 5. The number of ketones is 1. The minimum Gasteiger partial charge on any atom is -0.454 e. The van der Waals surface area contributed by atoms with Crippen molar-refractivity contribution in [1.29, 1.82) is 0 Å². The molecule has 1 aliphatic carbocycles. The summed E-state index contributed by atoms with van der Waals surface area (Å²) >= 11 is 0. The lowest BCUT2D eigenvalue weighted by Crippen LogP contribution is -2.59. The first-order valence-corrected chi connectivity index (χ1v) is 7.98. The number of nitrogens with one attached hydrogen (secondary N) is 1. The van der Waals surface area contributed by atoms with Crippen molar-refractivity contribution in [1.82, 2.24) is 5.32 Å². The number of anilines is 1. The molecule has 0 saturated heterocycles. The highest BCUT2D eigenvalue weighted by Crippen LogP contribution is 2.59. The number of aliphatic hydroxyl groups is 1. The number of benzene rings is 2. The fraction of sp³-hybridized carbons (Fsp3) is 0.263. The number of ether oxygens (including phenoxy) is 1. The minimum absolute atomic E-state index is 0.183. The number of hydrogen-bond donors (Lipinski definition) is 3. The van der Waals surface area contributed by atoms with Crippen molar-refractivity contribution in [2.75, 3.05) is 5.73 Å². The molecule has 0 radical (unpaired) electrons. The molecule has 2 aliphatic rings. The molecule has 0 aromatic heterocycles. The van der Waals surface area contributed by atoms with Gasteiger partial charge in [0.2, 0.25) is 17.2 Å². The van der Waals surface area contributed by atoms with Gasteiger partial charge >= 0.3 is 0 Å². The number of carbonyl (C=O) groups excluding carboxylic acids is 2. The Morgan fingerprint density at radius 1 is 1.20 bits per heavy atom. The molecule has 128 valence electrons. The van der Waals surface area contributed by atoms with E-state index in [0.29, 0.717) is 11.3 Å². The maximum Gasteiger partial charge on any atom is 0.271 e. The third-order valence-electron chi connectivity index (χ3n) is 5.16. The minimum atomic E-state index is -2.04. The Bertz CT molecular complexity index is 968. The van der Waals surface area contributed by atoms with Gasteiger partial charge in [-0.2, -0.15) is 0 Å². The summed E-state index contributed by atoms with van der Waals surface area (Å²) in [7, 11) is 0. The Labute approximate surface area is 144 Å². The number of carbonyl (C=O) groups is 2. The quantitative estimate of drug-likeness (QED) is 0.686. The smallest absolute Gasteiger partial charge is 0.271 e. The molecule has 1 amide bonds. The average Bonchev–Trinajstić information content (AvgIpc) is 2.86. The molecule has 0 fully saturated rings. The first-order valence-electron chi connectivity index (χ1n) is 7.98. The molecular weight excluding hydrogens is 320 g/mol.